The number of carbonyl (C=O) groups is 1. The minimum Gasteiger partial charge on any atom is -0.366 e. The van der Waals surface area contributed by atoms with Crippen molar-refractivity contribution in [2.45, 2.75) is 13.3 Å². The van der Waals surface area contributed by atoms with Gasteiger partial charge in [-0.2, -0.15) is 0 Å². The molecule has 1 aliphatic rings. The highest BCUT2D eigenvalue weighted by molar-refractivity contribution is 5.79. The maximum Gasteiger partial charge on any atom is 0.227 e. The molecule has 0 atom stereocenters. The average Bonchev–Trinajstić information content (AvgIpc) is 2.60. The lowest BCUT2D eigenvalue weighted by Crippen LogP contribution is -2.49. The summed E-state index contributed by atoms with van der Waals surface area (Å²) in [5.41, 5.74) is 2.09. The molecule has 0 spiro atoms. The van der Waals surface area contributed by atoms with Crippen molar-refractivity contribution in [3.63, 3.8) is 0 Å². The molecule has 1 fully saturated rings. The smallest absolute Gasteiger partial charge is 0.227 e. The first-order chi connectivity index (χ1) is 12.0. The molecule has 132 valence electrons. The van der Waals surface area contributed by atoms with Gasteiger partial charge < -0.3 is 9.80 Å². The Morgan fingerprint density at radius 3 is 2.40 bits per heavy atom. The summed E-state index contributed by atoms with van der Waals surface area (Å²) in [6.45, 7) is 3.57. The number of piperazine rings is 1. The van der Waals surface area contributed by atoms with Gasteiger partial charge in [0.2, 0.25) is 5.91 Å². The number of aryl methyl sites for hydroxylation is 1. The molecule has 0 aliphatic carbocycles. The van der Waals surface area contributed by atoms with E-state index in [4.69, 9.17) is 0 Å². The van der Waals surface area contributed by atoms with Gasteiger partial charge in [-0.05, 0) is 24.6 Å². The van der Waals surface area contributed by atoms with E-state index in [0.717, 1.165) is 17.2 Å². The van der Waals surface area contributed by atoms with E-state index < -0.39 is 17.5 Å². The predicted octanol–water partition coefficient (Wildman–Crippen LogP) is 3.30. The first kappa shape index (κ1) is 17.3. The summed E-state index contributed by atoms with van der Waals surface area (Å²) in [6.07, 6.45) is 0.321. The second-order valence-electron chi connectivity index (χ2n) is 6.23. The minimum atomic E-state index is -1.46. The number of hydrogen-bond acceptors (Lipinski definition) is 2. The highest BCUT2D eigenvalue weighted by atomic mass is 19.2. The summed E-state index contributed by atoms with van der Waals surface area (Å²) in [7, 11) is 0. The van der Waals surface area contributed by atoms with Crippen LogP contribution in [0, 0.1) is 24.4 Å². The fourth-order valence-corrected chi connectivity index (χ4v) is 3.07. The van der Waals surface area contributed by atoms with E-state index in [0.29, 0.717) is 32.6 Å². The summed E-state index contributed by atoms with van der Waals surface area (Å²) in [4.78, 5) is 15.8. The lowest BCUT2D eigenvalue weighted by molar-refractivity contribution is -0.130. The number of carbonyl (C=O) groups excluding carboxylic acids is 1. The second-order valence-corrected chi connectivity index (χ2v) is 6.23. The van der Waals surface area contributed by atoms with E-state index >= 15 is 0 Å². The maximum atomic E-state index is 13.9. The van der Waals surface area contributed by atoms with Crippen LogP contribution in [0.2, 0.25) is 0 Å². The third-order valence-electron chi connectivity index (χ3n) is 4.43. The Morgan fingerprint density at radius 2 is 1.72 bits per heavy atom. The molecular weight excluding hydrogens is 329 g/mol. The van der Waals surface area contributed by atoms with Crippen LogP contribution in [0.25, 0.3) is 0 Å². The number of hydrogen-bond donors (Lipinski definition) is 0. The van der Waals surface area contributed by atoms with Gasteiger partial charge in [0, 0.05) is 26.2 Å². The molecule has 1 heterocycles. The Morgan fingerprint density at radius 1 is 1.00 bits per heavy atom. The normalized spacial score (nSPS) is 14.7. The Hall–Kier alpha value is -2.50. The van der Waals surface area contributed by atoms with Crippen LogP contribution >= 0.6 is 0 Å². The van der Waals surface area contributed by atoms with Gasteiger partial charge in [-0.25, -0.2) is 13.2 Å². The standard InChI is InChI=1S/C19H19F3N2O/c1-13-3-2-4-14(11-13)12-17(25)24-9-7-23(8-10-24)16-6-5-15(20)18(21)19(16)22/h2-6,11H,7-10,12H2,1H3. The van der Waals surface area contributed by atoms with Crippen LogP contribution in [0.15, 0.2) is 36.4 Å². The van der Waals surface area contributed by atoms with Crippen LogP contribution in [0.4, 0.5) is 18.9 Å². The van der Waals surface area contributed by atoms with Crippen molar-refractivity contribution in [1.29, 1.82) is 0 Å². The first-order valence-corrected chi connectivity index (χ1v) is 8.17. The zero-order valence-corrected chi connectivity index (χ0v) is 13.9. The van der Waals surface area contributed by atoms with E-state index in [1.807, 2.05) is 31.2 Å². The fraction of sp³-hybridized carbons (Fsp3) is 0.316. The van der Waals surface area contributed by atoms with Crippen molar-refractivity contribution in [3.05, 3.63) is 65.0 Å². The monoisotopic (exact) mass is 348 g/mol. The number of nitrogens with zero attached hydrogens (tertiary/aromatic N) is 2. The molecular formula is C19H19F3N2O. The maximum absolute atomic E-state index is 13.9. The van der Waals surface area contributed by atoms with Crippen molar-refractivity contribution < 1.29 is 18.0 Å². The van der Waals surface area contributed by atoms with Crippen molar-refractivity contribution in [2.24, 2.45) is 0 Å². The van der Waals surface area contributed by atoms with Gasteiger partial charge >= 0.3 is 0 Å². The molecule has 3 nitrogen and oxygen atoms in total. The van der Waals surface area contributed by atoms with Crippen molar-refractivity contribution in [1.82, 2.24) is 4.90 Å². The molecule has 2 aromatic carbocycles. The van der Waals surface area contributed by atoms with Gasteiger partial charge in [0.1, 0.15) is 0 Å². The zero-order chi connectivity index (χ0) is 18.0. The first-order valence-electron chi connectivity index (χ1n) is 8.17. The number of anilines is 1. The Kier molecular flexibility index (Phi) is 4.97. The van der Waals surface area contributed by atoms with Crippen molar-refractivity contribution in [2.75, 3.05) is 31.1 Å². The molecule has 2 aromatic rings. The van der Waals surface area contributed by atoms with Gasteiger partial charge in [0.15, 0.2) is 17.5 Å². The quantitative estimate of drug-likeness (QED) is 0.795. The topological polar surface area (TPSA) is 23.6 Å². The van der Waals surface area contributed by atoms with Crippen LogP contribution in [0.5, 0.6) is 0 Å². The van der Waals surface area contributed by atoms with Crippen LogP contribution in [0.3, 0.4) is 0 Å². The third kappa shape index (κ3) is 3.78. The zero-order valence-electron chi connectivity index (χ0n) is 13.9. The molecule has 1 saturated heterocycles. The van der Waals surface area contributed by atoms with Gasteiger partial charge in [0.25, 0.3) is 0 Å². The van der Waals surface area contributed by atoms with E-state index in [9.17, 15) is 18.0 Å². The largest absolute Gasteiger partial charge is 0.366 e. The van der Waals surface area contributed by atoms with Crippen LogP contribution in [0.1, 0.15) is 11.1 Å². The van der Waals surface area contributed by atoms with E-state index in [-0.39, 0.29) is 11.6 Å². The number of rotatable bonds is 3. The fourth-order valence-electron chi connectivity index (χ4n) is 3.07. The molecule has 25 heavy (non-hydrogen) atoms. The van der Waals surface area contributed by atoms with E-state index in [2.05, 4.69) is 0 Å². The summed E-state index contributed by atoms with van der Waals surface area (Å²) in [5, 5.41) is 0. The number of amides is 1. The lowest BCUT2D eigenvalue weighted by atomic mass is 10.1. The minimum absolute atomic E-state index is 0.0102. The summed E-state index contributed by atoms with van der Waals surface area (Å²) >= 11 is 0. The van der Waals surface area contributed by atoms with Gasteiger partial charge in [0.05, 0.1) is 12.1 Å². The van der Waals surface area contributed by atoms with E-state index in [1.165, 1.54) is 6.07 Å². The predicted molar refractivity (Wildman–Crippen MR) is 90.0 cm³/mol. The Bertz CT molecular complexity index is 786. The van der Waals surface area contributed by atoms with Crippen LogP contribution in [-0.2, 0) is 11.2 Å². The van der Waals surface area contributed by atoms with Gasteiger partial charge in [-0.15, -0.1) is 0 Å². The van der Waals surface area contributed by atoms with Crippen LogP contribution < -0.4 is 4.90 Å². The average molecular weight is 348 g/mol. The molecule has 0 radical (unpaired) electrons. The van der Waals surface area contributed by atoms with E-state index in [1.54, 1.807) is 9.80 Å². The molecule has 6 heteroatoms. The lowest BCUT2D eigenvalue weighted by Gasteiger charge is -2.36. The number of benzene rings is 2. The van der Waals surface area contributed by atoms with Crippen molar-refractivity contribution in [3.8, 4) is 0 Å². The molecule has 0 aromatic heterocycles. The second kappa shape index (κ2) is 7.17. The number of halogens is 3. The Labute approximate surface area is 144 Å². The molecule has 0 saturated carbocycles. The van der Waals surface area contributed by atoms with Crippen LogP contribution in [-0.4, -0.2) is 37.0 Å². The molecule has 0 unspecified atom stereocenters. The highest BCUT2D eigenvalue weighted by Crippen LogP contribution is 2.24. The van der Waals surface area contributed by atoms with Gasteiger partial charge in [-0.3, -0.25) is 4.79 Å². The Balaban J connectivity index is 1.62. The van der Waals surface area contributed by atoms with Crippen molar-refractivity contribution >= 4 is 11.6 Å². The SMILES string of the molecule is Cc1cccc(CC(=O)N2CCN(c3ccc(F)c(F)c3F)CC2)c1. The highest BCUT2D eigenvalue weighted by Gasteiger charge is 2.24. The molecule has 1 amide bonds. The molecule has 1 aliphatic heterocycles. The molecule has 0 bridgehead atoms. The molecule has 0 N–H and O–H groups in total. The summed E-state index contributed by atoms with van der Waals surface area (Å²) in [5.74, 6) is -3.83. The van der Waals surface area contributed by atoms with Gasteiger partial charge in [-0.1, -0.05) is 29.8 Å². The molecule has 3 rings (SSSR count). The summed E-state index contributed by atoms with van der Waals surface area (Å²) < 4.78 is 40.3. The summed E-state index contributed by atoms with van der Waals surface area (Å²) in [6, 6.07) is 9.94. The third-order valence-corrected chi connectivity index (χ3v) is 4.43.